The van der Waals surface area contributed by atoms with Gasteiger partial charge in [0, 0.05) is 5.92 Å². The molecule has 0 heterocycles. The zero-order valence-electron chi connectivity index (χ0n) is 17.8. The molecule has 1 unspecified atom stereocenters. The van der Waals surface area contributed by atoms with E-state index in [1.165, 1.54) is 0 Å². The molecule has 1 aliphatic rings. The molecule has 32 heavy (non-hydrogen) atoms. The molecule has 0 saturated heterocycles. The number of carboxylic acid groups (broad SMARTS) is 1. The number of hydrogen-bond donors (Lipinski definition) is 2. The summed E-state index contributed by atoms with van der Waals surface area (Å²) in [6.07, 6.45) is -0.0656. The summed E-state index contributed by atoms with van der Waals surface area (Å²) < 4.78 is 10.8. The predicted octanol–water partition coefficient (Wildman–Crippen LogP) is 4.62. The molecule has 6 heteroatoms. The Kier molecular flexibility index (Phi) is 6.40. The van der Waals surface area contributed by atoms with Crippen LogP contribution < -0.4 is 10.1 Å². The van der Waals surface area contributed by atoms with Gasteiger partial charge in [0.05, 0.1) is 7.11 Å². The molecule has 0 saturated carbocycles. The summed E-state index contributed by atoms with van der Waals surface area (Å²) in [5, 5.41) is 12.1. The van der Waals surface area contributed by atoms with Gasteiger partial charge in [-0.2, -0.15) is 0 Å². The lowest BCUT2D eigenvalue weighted by atomic mass is 9.98. The summed E-state index contributed by atoms with van der Waals surface area (Å²) in [5.74, 6) is -0.490. The zero-order valence-corrected chi connectivity index (χ0v) is 17.8. The normalized spacial score (nSPS) is 13.0. The molecule has 0 fully saturated rings. The maximum atomic E-state index is 12.5. The first-order valence-electron chi connectivity index (χ1n) is 10.5. The third-order valence-corrected chi connectivity index (χ3v) is 5.83. The second-order valence-electron chi connectivity index (χ2n) is 7.71. The third kappa shape index (κ3) is 4.44. The van der Waals surface area contributed by atoms with Crippen LogP contribution >= 0.6 is 0 Å². The first-order valence-corrected chi connectivity index (χ1v) is 10.5. The van der Waals surface area contributed by atoms with E-state index in [9.17, 15) is 14.7 Å². The van der Waals surface area contributed by atoms with Gasteiger partial charge in [0.25, 0.3) is 0 Å². The highest BCUT2D eigenvalue weighted by Crippen LogP contribution is 2.44. The van der Waals surface area contributed by atoms with Crippen molar-refractivity contribution in [3.63, 3.8) is 0 Å². The number of hydrogen-bond acceptors (Lipinski definition) is 4. The van der Waals surface area contributed by atoms with Crippen molar-refractivity contribution in [1.29, 1.82) is 0 Å². The van der Waals surface area contributed by atoms with Crippen LogP contribution in [0.15, 0.2) is 72.8 Å². The predicted molar refractivity (Wildman–Crippen MR) is 121 cm³/mol. The van der Waals surface area contributed by atoms with Crippen molar-refractivity contribution in [3.05, 3.63) is 89.5 Å². The topological polar surface area (TPSA) is 84.9 Å². The second-order valence-corrected chi connectivity index (χ2v) is 7.71. The largest absolute Gasteiger partial charge is 0.496 e. The number of carboxylic acids is 1. The average molecular weight is 431 g/mol. The van der Waals surface area contributed by atoms with Crippen LogP contribution in [0.5, 0.6) is 5.75 Å². The molecule has 4 rings (SSSR count). The van der Waals surface area contributed by atoms with Crippen molar-refractivity contribution in [2.24, 2.45) is 0 Å². The summed E-state index contributed by atoms with van der Waals surface area (Å²) in [7, 11) is 1.57. The van der Waals surface area contributed by atoms with E-state index < -0.39 is 18.1 Å². The number of rotatable bonds is 8. The number of carbonyl (C=O) groups is 2. The number of ether oxygens (including phenoxy) is 2. The van der Waals surface area contributed by atoms with Gasteiger partial charge in [-0.15, -0.1) is 0 Å². The summed E-state index contributed by atoms with van der Waals surface area (Å²) >= 11 is 0. The van der Waals surface area contributed by atoms with Crippen molar-refractivity contribution >= 4 is 12.1 Å². The minimum absolute atomic E-state index is 0.0787. The molecule has 0 bridgehead atoms. The Morgan fingerprint density at radius 3 is 2.16 bits per heavy atom. The van der Waals surface area contributed by atoms with Crippen molar-refractivity contribution < 1.29 is 24.2 Å². The van der Waals surface area contributed by atoms with Gasteiger partial charge >= 0.3 is 12.1 Å². The number of amides is 1. The van der Waals surface area contributed by atoms with Gasteiger partial charge in [-0.3, -0.25) is 0 Å². The molecule has 1 amide bonds. The van der Waals surface area contributed by atoms with Gasteiger partial charge in [0.1, 0.15) is 18.4 Å². The summed E-state index contributed by atoms with van der Waals surface area (Å²) in [6.45, 7) is 0.138. The first kappa shape index (κ1) is 21.4. The number of nitrogens with one attached hydrogen (secondary N) is 1. The van der Waals surface area contributed by atoms with Gasteiger partial charge in [0.15, 0.2) is 0 Å². The Bertz CT molecular complexity index is 1080. The fraction of sp³-hybridized carbons (Fsp3) is 0.231. The molecule has 6 nitrogen and oxygen atoms in total. The van der Waals surface area contributed by atoms with E-state index in [0.717, 1.165) is 27.8 Å². The zero-order chi connectivity index (χ0) is 22.5. The monoisotopic (exact) mass is 431 g/mol. The van der Waals surface area contributed by atoms with Crippen molar-refractivity contribution in [3.8, 4) is 16.9 Å². The van der Waals surface area contributed by atoms with Crippen LogP contribution in [0.25, 0.3) is 11.1 Å². The summed E-state index contributed by atoms with van der Waals surface area (Å²) in [4.78, 5) is 24.1. The Labute approximate surface area is 186 Å². The Hall–Kier alpha value is -3.80. The maximum Gasteiger partial charge on any atom is 0.407 e. The van der Waals surface area contributed by atoms with Crippen molar-refractivity contribution in [2.45, 2.75) is 24.8 Å². The number of para-hydroxylation sites is 1. The number of benzene rings is 3. The van der Waals surface area contributed by atoms with E-state index >= 15 is 0 Å². The van der Waals surface area contributed by atoms with Crippen LogP contribution in [-0.4, -0.2) is 36.9 Å². The van der Waals surface area contributed by atoms with Crippen LogP contribution in [0, 0.1) is 0 Å². The molecular weight excluding hydrogens is 406 g/mol. The minimum Gasteiger partial charge on any atom is -0.496 e. The highest BCUT2D eigenvalue weighted by Gasteiger charge is 2.29. The van der Waals surface area contributed by atoms with E-state index in [2.05, 4.69) is 17.4 Å². The van der Waals surface area contributed by atoms with Crippen LogP contribution in [0.4, 0.5) is 4.79 Å². The Morgan fingerprint density at radius 2 is 1.53 bits per heavy atom. The summed E-state index contributed by atoms with van der Waals surface area (Å²) in [6, 6.07) is 22.5. The van der Waals surface area contributed by atoms with E-state index in [4.69, 9.17) is 9.47 Å². The van der Waals surface area contributed by atoms with E-state index in [1.807, 2.05) is 60.7 Å². The molecule has 0 radical (unpaired) electrons. The van der Waals surface area contributed by atoms with Gasteiger partial charge in [-0.05, 0) is 46.7 Å². The lowest BCUT2D eigenvalue weighted by Gasteiger charge is -2.18. The molecule has 1 atom stereocenters. The molecular formula is C26H25NO5. The van der Waals surface area contributed by atoms with Crippen LogP contribution in [-0.2, 0) is 16.0 Å². The van der Waals surface area contributed by atoms with E-state index in [1.54, 1.807) is 7.11 Å². The van der Waals surface area contributed by atoms with Gasteiger partial charge in [-0.25, -0.2) is 9.59 Å². The SMILES string of the molecule is COc1ccccc1CCC(NC(=O)OCC1c2ccccc2-c2ccccc21)C(=O)O. The Morgan fingerprint density at radius 1 is 0.938 bits per heavy atom. The molecule has 0 aliphatic heterocycles. The fourth-order valence-electron chi connectivity index (χ4n) is 4.25. The second kappa shape index (κ2) is 9.56. The van der Waals surface area contributed by atoms with Crippen LogP contribution in [0.3, 0.4) is 0 Å². The maximum absolute atomic E-state index is 12.5. The molecule has 3 aromatic carbocycles. The van der Waals surface area contributed by atoms with E-state index in [0.29, 0.717) is 12.2 Å². The van der Waals surface area contributed by atoms with E-state index in [-0.39, 0.29) is 18.9 Å². The third-order valence-electron chi connectivity index (χ3n) is 5.83. The molecule has 3 aromatic rings. The van der Waals surface area contributed by atoms with Gasteiger partial charge < -0.3 is 19.9 Å². The van der Waals surface area contributed by atoms with Crippen LogP contribution in [0.2, 0.25) is 0 Å². The van der Waals surface area contributed by atoms with Gasteiger partial charge in [0.2, 0.25) is 0 Å². The number of fused-ring (bicyclic) bond motifs is 3. The first-order chi connectivity index (χ1) is 15.6. The van der Waals surface area contributed by atoms with Gasteiger partial charge in [-0.1, -0.05) is 66.7 Å². The quantitative estimate of drug-likeness (QED) is 0.544. The molecule has 2 N–H and O–H groups in total. The Balaban J connectivity index is 1.39. The smallest absolute Gasteiger partial charge is 0.407 e. The fourth-order valence-corrected chi connectivity index (χ4v) is 4.25. The molecule has 0 aromatic heterocycles. The van der Waals surface area contributed by atoms with Crippen LogP contribution in [0.1, 0.15) is 29.0 Å². The lowest BCUT2D eigenvalue weighted by molar-refractivity contribution is -0.139. The summed E-state index contributed by atoms with van der Waals surface area (Å²) in [5.41, 5.74) is 5.37. The average Bonchev–Trinajstić information content (AvgIpc) is 3.14. The number of carbonyl (C=O) groups excluding carboxylic acids is 1. The molecule has 1 aliphatic carbocycles. The molecule has 0 spiro atoms. The number of aliphatic carboxylic acids is 1. The molecule has 164 valence electrons. The standard InChI is InChI=1S/C26H25NO5/c1-31-24-13-7-2-8-17(24)14-15-23(25(28)29)27-26(30)32-16-22-20-11-5-3-9-18(20)19-10-4-6-12-21(19)22/h2-13,22-23H,14-16H2,1H3,(H,27,30)(H,28,29). The van der Waals surface area contributed by atoms with Crippen molar-refractivity contribution in [1.82, 2.24) is 5.32 Å². The lowest BCUT2D eigenvalue weighted by Crippen LogP contribution is -2.41. The minimum atomic E-state index is -1.10. The number of methoxy groups -OCH3 is 1. The highest BCUT2D eigenvalue weighted by atomic mass is 16.5. The number of alkyl carbamates (subject to hydrolysis) is 1. The van der Waals surface area contributed by atoms with Crippen molar-refractivity contribution in [2.75, 3.05) is 13.7 Å². The highest BCUT2D eigenvalue weighted by molar-refractivity contribution is 5.81. The number of aryl methyl sites for hydroxylation is 1.